The van der Waals surface area contributed by atoms with Crippen molar-refractivity contribution in [3.8, 4) is 0 Å². The van der Waals surface area contributed by atoms with Crippen molar-refractivity contribution in [1.29, 1.82) is 0 Å². The Hall–Kier alpha value is -2.06. The van der Waals surface area contributed by atoms with Crippen LogP contribution in [0.2, 0.25) is 5.02 Å². The van der Waals surface area contributed by atoms with Crippen LogP contribution in [0.1, 0.15) is 22.3 Å². The molecule has 2 aromatic heterocycles. The number of thiazole rings is 2. The third kappa shape index (κ3) is 3.63. The predicted octanol–water partition coefficient (Wildman–Crippen LogP) is 5.05. The van der Waals surface area contributed by atoms with E-state index in [1.54, 1.807) is 0 Å². The van der Waals surface area contributed by atoms with Crippen molar-refractivity contribution in [1.82, 2.24) is 9.55 Å². The van der Waals surface area contributed by atoms with Crippen molar-refractivity contribution in [2.45, 2.75) is 20.4 Å². The summed E-state index contributed by atoms with van der Waals surface area (Å²) >= 11 is 9.16. The van der Waals surface area contributed by atoms with Crippen molar-refractivity contribution < 1.29 is 9.53 Å². The van der Waals surface area contributed by atoms with Crippen molar-refractivity contribution in [3.05, 3.63) is 56.8 Å². The van der Waals surface area contributed by atoms with E-state index in [0.29, 0.717) is 34.6 Å². The molecule has 0 atom stereocenters. The number of hydrogen-bond acceptors (Lipinski definition) is 5. The second kappa shape index (κ2) is 8.13. The van der Waals surface area contributed by atoms with Gasteiger partial charge in [0.15, 0.2) is 9.81 Å². The molecule has 144 valence electrons. The van der Waals surface area contributed by atoms with Crippen LogP contribution in [-0.2, 0) is 11.3 Å². The van der Waals surface area contributed by atoms with Gasteiger partial charge in [0, 0.05) is 18.2 Å². The maximum Gasteiger partial charge on any atom is 0.308 e. The van der Waals surface area contributed by atoms with E-state index in [2.05, 4.69) is 9.98 Å². The summed E-state index contributed by atoms with van der Waals surface area (Å²) in [6, 6.07) is 11.5. The molecule has 28 heavy (non-hydrogen) atoms. The molecule has 1 amide bonds. The van der Waals surface area contributed by atoms with E-state index in [-0.39, 0.29) is 5.91 Å². The maximum absolute atomic E-state index is 12.8. The van der Waals surface area contributed by atoms with Crippen molar-refractivity contribution >= 4 is 60.6 Å². The Bertz CT molecular complexity index is 1210. The molecule has 0 saturated carbocycles. The Kier molecular flexibility index (Phi) is 5.59. The highest BCUT2D eigenvalue weighted by atomic mass is 35.5. The molecule has 2 aromatic carbocycles. The van der Waals surface area contributed by atoms with Crippen LogP contribution in [0.15, 0.2) is 41.4 Å². The first-order valence-electron chi connectivity index (χ1n) is 8.89. The summed E-state index contributed by atoms with van der Waals surface area (Å²) in [6.45, 7) is 5.71. The molecule has 0 aliphatic carbocycles. The lowest BCUT2D eigenvalue weighted by Crippen LogP contribution is -2.20. The van der Waals surface area contributed by atoms with E-state index in [4.69, 9.17) is 16.3 Å². The number of amides is 1. The SMILES string of the molecule is CCOCCn1c(=NC(=O)c2nc3ccccc3s2)sc2ccc(Cl)c(C)c21. The standard InChI is InChI=1S/C20H18ClN3O2S2/c1-3-26-11-10-24-17-12(2)13(21)8-9-16(17)28-20(24)23-18(25)19-22-14-6-4-5-7-15(14)27-19/h4-9H,3,10-11H2,1-2H3. The van der Waals surface area contributed by atoms with Gasteiger partial charge in [0.25, 0.3) is 0 Å². The summed E-state index contributed by atoms with van der Waals surface area (Å²) in [6.07, 6.45) is 0. The summed E-state index contributed by atoms with van der Waals surface area (Å²) in [5.41, 5.74) is 2.78. The van der Waals surface area contributed by atoms with Crippen LogP contribution >= 0.6 is 34.3 Å². The molecule has 0 aliphatic rings. The molecule has 2 heterocycles. The molecular weight excluding hydrogens is 414 g/mol. The van der Waals surface area contributed by atoms with Gasteiger partial charge in [-0.1, -0.05) is 35.1 Å². The topological polar surface area (TPSA) is 56.5 Å². The average molecular weight is 432 g/mol. The van der Waals surface area contributed by atoms with Crippen LogP contribution < -0.4 is 4.80 Å². The molecule has 4 rings (SSSR count). The van der Waals surface area contributed by atoms with E-state index in [0.717, 1.165) is 26.0 Å². The van der Waals surface area contributed by atoms with Gasteiger partial charge in [-0.05, 0) is 43.7 Å². The molecule has 0 fully saturated rings. The van der Waals surface area contributed by atoms with Crippen LogP contribution in [-0.4, -0.2) is 28.7 Å². The van der Waals surface area contributed by atoms with Crippen LogP contribution in [0.5, 0.6) is 0 Å². The maximum atomic E-state index is 12.8. The molecule has 0 unspecified atom stereocenters. The Morgan fingerprint density at radius 1 is 1.21 bits per heavy atom. The second-order valence-electron chi connectivity index (χ2n) is 6.16. The number of fused-ring (bicyclic) bond motifs is 2. The summed E-state index contributed by atoms with van der Waals surface area (Å²) in [5.74, 6) is -0.332. The van der Waals surface area contributed by atoms with Gasteiger partial charge >= 0.3 is 5.91 Å². The lowest BCUT2D eigenvalue weighted by Gasteiger charge is -2.08. The number of halogens is 1. The van der Waals surface area contributed by atoms with Gasteiger partial charge in [0.05, 0.1) is 27.0 Å². The number of carbonyl (C=O) groups excluding carboxylic acids is 1. The third-order valence-electron chi connectivity index (χ3n) is 4.37. The molecule has 0 spiro atoms. The number of carbonyl (C=O) groups is 1. The number of ether oxygens (including phenoxy) is 1. The lowest BCUT2D eigenvalue weighted by atomic mass is 10.2. The Balaban J connectivity index is 1.82. The summed E-state index contributed by atoms with van der Waals surface area (Å²) in [7, 11) is 0. The minimum absolute atomic E-state index is 0.332. The van der Waals surface area contributed by atoms with Crippen LogP contribution in [0.3, 0.4) is 0 Å². The van der Waals surface area contributed by atoms with Crippen molar-refractivity contribution in [2.75, 3.05) is 13.2 Å². The van der Waals surface area contributed by atoms with E-state index in [9.17, 15) is 4.79 Å². The molecule has 0 bridgehead atoms. The van der Waals surface area contributed by atoms with E-state index < -0.39 is 0 Å². The highest BCUT2D eigenvalue weighted by Gasteiger charge is 2.15. The number of para-hydroxylation sites is 1. The van der Waals surface area contributed by atoms with Gasteiger partial charge in [-0.2, -0.15) is 4.99 Å². The predicted molar refractivity (Wildman–Crippen MR) is 116 cm³/mol. The molecule has 0 radical (unpaired) electrons. The Morgan fingerprint density at radius 3 is 2.82 bits per heavy atom. The van der Waals surface area contributed by atoms with Crippen molar-refractivity contribution in [2.24, 2.45) is 4.99 Å². The molecule has 0 saturated heterocycles. The normalized spacial score (nSPS) is 12.3. The third-order valence-corrected chi connectivity index (χ3v) is 6.84. The highest BCUT2D eigenvalue weighted by Crippen LogP contribution is 2.27. The average Bonchev–Trinajstić information content (AvgIpc) is 3.27. The fourth-order valence-corrected chi connectivity index (χ4v) is 5.12. The van der Waals surface area contributed by atoms with E-state index >= 15 is 0 Å². The monoisotopic (exact) mass is 431 g/mol. The molecule has 5 nitrogen and oxygen atoms in total. The zero-order valence-corrected chi connectivity index (χ0v) is 17.8. The minimum Gasteiger partial charge on any atom is -0.380 e. The van der Waals surface area contributed by atoms with E-state index in [1.165, 1.54) is 22.7 Å². The molecule has 0 N–H and O–H groups in total. The van der Waals surface area contributed by atoms with Crippen LogP contribution in [0.25, 0.3) is 20.4 Å². The second-order valence-corrected chi connectivity index (χ2v) is 8.60. The number of hydrogen-bond donors (Lipinski definition) is 0. The Labute approximate surface area is 174 Å². The zero-order valence-electron chi connectivity index (χ0n) is 15.4. The largest absolute Gasteiger partial charge is 0.380 e. The van der Waals surface area contributed by atoms with Gasteiger partial charge in [-0.3, -0.25) is 4.79 Å². The van der Waals surface area contributed by atoms with Gasteiger partial charge in [0.1, 0.15) is 0 Å². The number of benzene rings is 2. The first-order valence-corrected chi connectivity index (χ1v) is 10.9. The molecule has 0 aliphatic heterocycles. The van der Waals surface area contributed by atoms with Gasteiger partial charge in [0.2, 0.25) is 0 Å². The van der Waals surface area contributed by atoms with Gasteiger partial charge < -0.3 is 9.30 Å². The first kappa shape index (κ1) is 19.3. The summed E-state index contributed by atoms with van der Waals surface area (Å²) < 4.78 is 9.55. The van der Waals surface area contributed by atoms with Crippen LogP contribution in [0, 0.1) is 6.92 Å². The molecular formula is C20H18ClN3O2S2. The quantitative estimate of drug-likeness (QED) is 0.415. The van der Waals surface area contributed by atoms with Crippen LogP contribution in [0.4, 0.5) is 0 Å². The summed E-state index contributed by atoms with van der Waals surface area (Å²) in [5, 5.41) is 1.09. The first-order chi connectivity index (χ1) is 13.6. The minimum atomic E-state index is -0.332. The van der Waals surface area contributed by atoms with Gasteiger partial charge in [-0.25, -0.2) is 4.98 Å². The number of aryl methyl sites for hydroxylation is 1. The number of nitrogens with zero attached hydrogens (tertiary/aromatic N) is 3. The smallest absolute Gasteiger partial charge is 0.308 e. The number of aromatic nitrogens is 2. The van der Waals surface area contributed by atoms with Crippen molar-refractivity contribution in [3.63, 3.8) is 0 Å². The Morgan fingerprint density at radius 2 is 2.04 bits per heavy atom. The highest BCUT2D eigenvalue weighted by molar-refractivity contribution is 7.20. The lowest BCUT2D eigenvalue weighted by molar-refractivity contribution is 0.0996. The fraction of sp³-hybridized carbons (Fsp3) is 0.250. The molecule has 8 heteroatoms. The molecule has 4 aromatic rings. The van der Waals surface area contributed by atoms with Gasteiger partial charge in [-0.15, -0.1) is 11.3 Å². The van der Waals surface area contributed by atoms with E-state index in [1.807, 2.05) is 54.8 Å². The fourth-order valence-electron chi connectivity index (χ4n) is 3.01. The zero-order chi connectivity index (χ0) is 19.7. The number of rotatable bonds is 5. The summed E-state index contributed by atoms with van der Waals surface area (Å²) in [4.78, 5) is 22.3.